The van der Waals surface area contributed by atoms with Crippen molar-refractivity contribution in [1.82, 2.24) is 9.97 Å². The number of rotatable bonds is 2. The van der Waals surface area contributed by atoms with E-state index in [1.165, 1.54) is 12.1 Å². The van der Waals surface area contributed by atoms with Crippen LogP contribution in [0.3, 0.4) is 0 Å². The van der Waals surface area contributed by atoms with E-state index in [1.807, 2.05) is 5.73 Å². The molecule has 0 aliphatic rings. The van der Waals surface area contributed by atoms with E-state index >= 15 is 0 Å². The largest absolute Gasteiger partial charge is 0.428 e. The molecule has 106 valence electrons. The first-order chi connectivity index (χ1) is 9.19. The number of benzene rings is 1. The van der Waals surface area contributed by atoms with Crippen molar-refractivity contribution in [2.24, 2.45) is 0 Å². The van der Waals surface area contributed by atoms with Gasteiger partial charge in [0.2, 0.25) is 5.60 Å². The summed E-state index contributed by atoms with van der Waals surface area (Å²) in [6, 6.07) is 2.62. The van der Waals surface area contributed by atoms with Crippen molar-refractivity contribution >= 4 is 34.2 Å². The fourth-order valence-corrected chi connectivity index (χ4v) is 1.94. The van der Waals surface area contributed by atoms with Gasteiger partial charge in [0.25, 0.3) is 0 Å². The Labute approximate surface area is 121 Å². The van der Waals surface area contributed by atoms with Gasteiger partial charge in [-0.05, 0) is 12.1 Å². The van der Waals surface area contributed by atoms with Gasteiger partial charge in [-0.15, -0.1) is 5.73 Å². The van der Waals surface area contributed by atoms with E-state index < -0.39 is 17.6 Å². The first-order valence-corrected chi connectivity index (χ1v) is 5.96. The van der Waals surface area contributed by atoms with Crippen LogP contribution in [0.1, 0.15) is 5.82 Å². The molecule has 0 saturated carbocycles. The first-order valence-electron chi connectivity index (χ1n) is 5.20. The predicted molar refractivity (Wildman–Crippen MR) is 69.8 cm³/mol. The molecule has 0 bridgehead atoms. The summed E-state index contributed by atoms with van der Waals surface area (Å²) in [7, 11) is 0. The second kappa shape index (κ2) is 4.82. The molecule has 0 amide bonds. The summed E-state index contributed by atoms with van der Waals surface area (Å²) in [5.74, 6) is -0.713. The molecule has 8 heteroatoms. The smallest absolute Gasteiger partial charge is 0.370 e. The molecule has 2 aromatic rings. The van der Waals surface area contributed by atoms with E-state index in [2.05, 4.69) is 16.5 Å². The lowest BCUT2D eigenvalue weighted by Crippen LogP contribution is -2.41. The van der Waals surface area contributed by atoms with Crippen LogP contribution >= 0.6 is 23.2 Å². The van der Waals surface area contributed by atoms with Gasteiger partial charge < -0.3 is 10.1 Å². The summed E-state index contributed by atoms with van der Waals surface area (Å²) in [4.78, 5) is 6.08. The van der Waals surface area contributed by atoms with Crippen LogP contribution < -0.4 is 0 Å². The predicted octanol–water partition coefficient (Wildman–Crippen LogP) is 3.96. The zero-order valence-corrected chi connectivity index (χ0v) is 11.2. The number of aliphatic hydroxyl groups is 1. The van der Waals surface area contributed by atoms with Crippen molar-refractivity contribution in [3.8, 4) is 0 Å². The van der Waals surface area contributed by atoms with Gasteiger partial charge in [0.1, 0.15) is 0 Å². The van der Waals surface area contributed by atoms with E-state index in [-0.39, 0.29) is 21.1 Å². The van der Waals surface area contributed by atoms with Crippen LogP contribution in [0.2, 0.25) is 10.0 Å². The number of hydrogen-bond acceptors (Lipinski definition) is 2. The Balaban J connectivity index is 2.70. The molecule has 0 saturated heterocycles. The SMILES string of the molecule is C=C=CC(O)(c1nc2cc(Cl)c(Cl)cc2[nH]1)C(F)(F)F. The lowest BCUT2D eigenvalue weighted by molar-refractivity contribution is -0.247. The zero-order chi connectivity index (χ0) is 15.1. The van der Waals surface area contributed by atoms with Crippen LogP contribution in [0.4, 0.5) is 13.2 Å². The average Bonchev–Trinajstić information content (AvgIpc) is 2.71. The minimum atomic E-state index is -4.99. The number of aromatic amines is 1. The highest BCUT2D eigenvalue weighted by atomic mass is 35.5. The molecule has 0 aliphatic carbocycles. The first kappa shape index (κ1) is 14.9. The number of H-pyrrole nitrogens is 1. The van der Waals surface area contributed by atoms with Crippen LogP contribution in [0, 0.1) is 0 Å². The molecule has 2 rings (SSSR count). The van der Waals surface area contributed by atoms with E-state index in [4.69, 9.17) is 23.2 Å². The number of hydrogen-bond donors (Lipinski definition) is 2. The normalized spacial score (nSPS) is 14.9. The minimum absolute atomic E-state index is 0.145. The summed E-state index contributed by atoms with van der Waals surface area (Å²) >= 11 is 11.5. The maximum atomic E-state index is 13.0. The zero-order valence-electron chi connectivity index (χ0n) is 9.72. The van der Waals surface area contributed by atoms with Gasteiger partial charge in [-0.3, -0.25) is 0 Å². The minimum Gasteiger partial charge on any atom is -0.370 e. The van der Waals surface area contributed by atoms with Crippen LogP contribution in [-0.4, -0.2) is 21.3 Å². The van der Waals surface area contributed by atoms with E-state index in [1.54, 1.807) is 0 Å². The standard InChI is InChI=1S/C12H7Cl2F3N2O/c1-2-3-11(20,12(15,16)17)10-18-8-4-6(13)7(14)5-9(8)19-10/h3-5,20H,1H2,(H,18,19). The van der Waals surface area contributed by atoms with Gasteiger partial charge >= 0.3 is 6.18 Å². The molecule has 1 atom stereocenters. The molecule has 0 spiro atoms. The molecular formula is C12H7Cl2F3N2O. The lowest BCUT2D eigenvalue weighted by atomic mass is 10.0. The Morgan fingerprint density at radius 3 is 2.45 bits per heavy atom. The number of imidazole rings is 1. The van der Waals surface area contributed by atoms with Crippen molar-refractivity contribution < 1.29 is 18.3 Å². The number of nitrogens with zero attached hydrogens (tertiary/aromatic N) is 1. The number of alkyl halides is 3. The molecule has 1 aromatic heterocycles. The van der Waals surface area contributed by atoms with Crippen molar-refractivity contribution in [2.45, 2.75) is 11.8 Å². The molecule has 1 heterocycles. The van der Waals surface area contributed by atoms with Crippen molar-refractivity contribution in [1.29, 1.82) is 0 Å². The van der Waals surface area contributed by atoms with Crippen molar-refractivity contribution in [3.63, 3.8) is 0 Å². The highest BCUT2D eigenvalue weighted by molar-refractivity contribution is 6.42. The van der Waals surface area contributed by atoms with Crippen LogP contribution in [0.25, 0.3) is 11.0 Å². The third-order valence-corrected chi connectivity index (χ3v) is 3.35. The maximum absolute atomic E-state index is 13.0. The number of fused-ring (bicyclic) bond motifs is 1. The summed E-state index contributed by atoms with van der Waals surface area (Å²) in [6.45, 7) is 3.04. The summed E-state index contributed by atoms with van der Waals surface area (Å²) in [5, 5.41) is 10.1. The van der Waals surface area contributed by atoms with E-state index in [0.717, 1.165) is 0 Å². The molecule has 0 radical (unpaired) electrons. The van der Waals surface area contributed by atoms with Gasteiger partial charge in [0, 0.05) is 6.08 Å². The van der Waals surface area contributed by atoms with Gasteiger partial charge in [-0.1, -0.05) is 29.8 Å². The average molecular weight is 323 g/mol. The Morgan fingerprint density at radius 2 is 1.90 bits per heavy atom. The highest BCUT2D eigenvalue weighted by Crippen LogP contribution is 2.39. The second-order valence-corrected chi connectivity index (χ2v) is 4.80. The molecule has 2 N–H and O–H groups in total. The van der Waals surface area contributed by atoms with E-state index in [9.17, 15) is 18.3 Å². The summed E-state index contributed by atoms with van der Waals surface area (Å²) < 4.78 is 39.0. The number of aromatic nitrogens is 2. The number of nitrogens with one attached hydrogen (secondary N) is 1. The molecular weight excluding hydrogens is 316 g/mol. The molecule has 0 aliphatic heterocycles. The summed E-state index contributed by atoms with van der Waals surface area (Å²) in [5.41, 5.74) is -1.02. The maximum Gasteiger partial charge on any atom is 0.428 e. The van der Waals surface area contributed by atoms with Crippen molar-refractivity contribution in [3.05, 3.63) is 46.4 Å². The molecule has 1 aromatic carbocycles. The van der Waals surface area contributed by atoms with Crippen LogP contribution in [-0.2, 0) is 5.60 Å². The van der Waals surface area contributed by atoms with E-state index in [0.29, 0.717) is 6.08 Å². The van der Waals surface area contributed by atoms with Crippen LogP contribution in [0.15, 0.2) is 30.5 Å². The third kappa shape index (κ3) is 2.31. The van der Waals surface area contributed by atoms with Gasteiger partial charge in [-0.25, -0.2) is 4.98 Å². The summed E-state index contributed by atoms with van der Waals surface area (Å²) in [6.07, 6.45) is -4.60. The molecule has 20 heavy (non-hydrogen) atoms. The van der Waals surface area contributed by atoms with Gasteiger partial charge in [-0.2, -0.15) is 13.2 Å². The third-order valence-electron chi connectivity index (χ3n) is 2.63. The topological polar surface area (TPSA) is 48.9 Å². The Morgan fingerprint density at radius 1 is 1.30 bits per heavy atom. The van der Waals surface area contributed by atoms with Crippen LogP contribution in [0.5, 0.6) is 0 Å². The Bertz CT molecular complexity index is 680. The quantitative estimate of drug-likeness (QED) is 0.822. The number of halogens is 5. The lowest BCUT2D eigenvalue weighted by Gasteiger charge is -2.24. The Kier molecular flexibility index (Phi) is 3.60. The fraction of sp³-hybridized carbons (Fsp3) is 0.167. The van der Waals surface area contributed by atoms with Gasteiger partial charge in [0.15, 0.2) is 5.82 Å². The molecule has 0 fully saturated rings. The Hall–Kier alpha value is -1.46. The fourth-order valence-electron chi connectivity index (χ4n) is 1.62. The second-order valence-electron chi connectivity index (χ2n) is 3.98. The van der Waals surface area contributed by atoms with Gasteiger partial charge in [0.05, 0.1) is 21.1 Å². The highest BCUT2D eigenvalue weighted by Gasteiger charge is 2.55. The molecule has 3 nitrogen and oxygen atoms in total. The monoisotopic (exact) mass is 322 g/mol. The molecule has 1 unspecified atom stereocenters. The van der Waals surface area contributed by atoms with Crippen molar-refractivity contribution in [2.75, 3.05) is 0 Å².